The Morgan fingerprint density at radius 3 is 2.07 bits per heavy atom. The summed E-state index contributed by atoms with van der Waals surface area (Å²) in [5, 5.41) is 10.8. The van der Waals surface area contributed by atoms with Crippen molar-refractivity contribution in [3.63, 3.8) is 0 Å². The third-order valence-corrected chi connectivity index (χ3v) is 1.90. The molecule has 5 heteroatoms. The minimum absolute atomic E-state index is 0.105. The molecular weight excluding hydrogens is 186 g/mol. The van der Waals surface area contributed by atoms with Crippen LogP contribution in [0.5, 0.6) is 0 Å². The number of rotatable bonds is 5. The minimum Gasteiger partial charge on any atom is -0.481 e. The molecule has 0 aromatic rings. The van der Waals surface area contributed by atoms with Gasteiger partial charge in [-0.3, -0.25) is 14.4 Å². The van der Waals surface area contributed by atoms with Gasteiger partial charge in [0.1, 0.15) is 0 Å². The first-order chi connectivity index (χ1) is 6.25. The molecule has 0 aromatic carbocycles. The van der Waals surface area contributed by atoms with Gasteiger partial charge in [-0.2, -0.15) is 0 Å². The number of nitrogens with one attached hydrogen (secondary N) is 1. The summed E-state index contributed by atoms with van der Waals surface area (Å²) in [4.78, 5) is 32.3. The van der Waals surface area contributed by atoms with Crippen LogP contribution in [0, 0.1) is 0 Å². The number of carbonyl (C=O) groups excluding carboxylic acids is 2. The Bertz CT molecular complexity index is 258. The van der Waals surface area contributed by atoms with Gasteiger partial charge in [-0.05, 0) is 20.8 Å². The standard InChI is InChI=1S/C9H15NO4/c1-6(11)9(2,3)10-7(12)4-5-8(13)14/h4-5H2,1-3H3,(H,10,12)(H,13,14). The van der Waals surface area contributed by atoms with Gasteiger partial charge in [0.25, 0.3) is 0 Å². The molecule has 0 aliphatic heterocycles. The number of ketones is 1. The van der Waals surface area contributed by atoms with Gasteiger partial charge in [-0.25, -0.2) is 0 Å². The molecule has 1 amide bonds. The van der Waals surface area contributed by atoms with Crippen molar-refractivity contribution in [2.75, 3.05) is 0 Å². The summed E-state index contributed by atoms with van der Waals surface area (Å²) in [6.45, 7) is 4.53. The Morgan fingerprint density at radius 1 is 1.21 bits per heavy atom. The first-order valence-electron chi connectivity index (χ1n) is 4.29. The van der Waals surface area contributed by atoms with Crippen LogP contribution in [0.4, 0.5) is 0 Å². The highest BCUT2D eigenvalue weighted by atomic mass is 16.4. The normalized spacial score (nSPS) is 10.8. The van der Waals surface area contributed by atoms with Crippen molar-refractivity contribution < 1.29 is 19.5 Å². The second-order valence-electron chi connectivity index (χ2n) is 3.62. The van der Waals surface area contributed by atoms with Crippen LogP contribution >= 0.6 is 0 Å². The summed E-state index contributed by atoms with van der Waals surface area (Å²) in [5.74, 6) is -1.62. The Hall–Kier alpha value is -1.39. The zero-order valence-electron chi connectivity index (χ0n) is 8.59. The molecule has 0 atom stereocenters. The quantitative estimate of drug-likeness (QED) is 0.671. The third-order valence-electron chi connectivity index (χ3n) is 1.90. The molecule has 0 spiro atoms. The molecule has 0 fully saturated rings. The summed E-state index contributed by atoms with van der Waals surface area (Å²) in [7, 11) is 0. The van der Waals surface area contributed by atoms with E-state index < -0.39 is 17.4 Å². The lowest BCUT2D eigenvalue weighted by molar-refractivity contribution is -0.139. The van der Waals surface area contributed by atoms with Crippen molar-refractivity contribution >= 4 is 17.7 Å². The first kappa shape index (κ1) is 12.6. The minimum atomic E-state index is -1.03. The number of carbonyl (C=O) groups is 3. The van der Waals surface area contributed by atoms with Crippen molar-refractivity contribution in [2.45, 2.75) is 39.2 Å². The molecule has 80 valence electrons. The highest BCUT2D eigenvalue weighted by molar-refractivity contribution is 5.91. The summed E-state index contributed by atoms with van der Waals surface area (Å²) in [5.41, 5.74) is -0.921. The number of amides is 1. The predicted octanol–water partition coefficient (Wildman–Crippen LogP) is 0.335. The summed E-state index contributed by atoms with van der Waals surface area (Å²) in [6.07, 6.45) is -0.328. The number of hydrogen-bond acceptors (Lipinski definition) is 3. The second-order valence-corrected chi connectivity index (χ2v) is 3.62. The van der Waals surface area contributed by atoms with Crippen molar-refractivity contribution in [3.05, 3.63) is 0 Å². The molecule has 14 heavy (non-hydrogen) atoms. The van der Waals surface area contributed by atoms with E-state index in [1.165, 1.54) is 6.92 Å². The average Bonchev–Trinajstić information content (AvgIpc) is 1.99. The van der Waals surface area contributed by atoms with Crippen LogP contribution in [0.25, 0.3) is 0 Å². The molecule has 2 N–H and O–H groups in total. The Morgan fingerprint density at radius 2 is 1.71 bits per heavy atom. The SMILES string of the molecule is CC(=O)C(C)(C)NC(=O)CCC(=O)O. The highest BCUT2D eigenvalue weighted by Crippen LogP contribution is 2.04. The molecule has 0 saturated heterocycles. The van der Waals surface area contributed by atoms with Gasteiger partial charge in [0.15, 0.2) is 5.78 Å². The van der Waals surface area contributed by atoms with E-state index in [4.69, 9.17) is 5.11 Å². The van der Waals surface area contributed by atoms with Crippen LogP contribution in [0.15, 0.2) is 0 Å². The summed E-state index contributed by atoms with van der Waals surface area (Å²) in [6, 6.07) is 0. The third kappa shape index (κ3) is 4.59. The molecule has 0 aromatic heterocycles. The number of carboxylic acids is 1. The average molecular weight is 201 g/mol. The van der Waals surface area contributed by atoms with Crippen LogP contribution in [0.2, 0.25) is 0 Å². The lowest BCUT2D eigenvalue weighted by atomic mass is 10.0. The predicted molar refractivity (Wildman–Crippen MR) is 49.8 cm³/mol. The Balaban J connectivity index is 4.06. The van der Waals surface area contributed by atoms with Crippen LogP contribution < -0.4 is 5.32 Å². The second kappa shape index (κ2) is 4.74. The van der Waals surface area contributed by atoms with Crippen LogP contribution in [0.3, 0.4) is 0 Å². The summed E-state index contributed by atoms with van der Waals surface area (Å²) < 4.78 is 0. The van der Waals surface area contributed by atoms with E-state index in [0.29, 0.717) is 0 Å². The number of aliphatic carboxylic acids is 1. The summed E-state index contributed by atoms with van der Waals surface area (Å²) >= 11 is 0. The highest BCUT2D eigenvalue weighted by Gasteiger charge is 2.25. The van der Waals surface area contributed by atoms with Gasteiger partial charge < -0.3 is 10.4 Å². The molecule has 0 heterocycles. The van der Waals surface area contributed by atoms with E-state index in [1.807, 2.05) is 0 Å². The van der Waals surface area contributed by atoms with Crippen molar-refractivity contribution in [1.82, 2.24) is 5.32 Å². The number of hydrogen-bond donors (Lipinski definition) is 2. The molecule has 0 aliphatic rings. The molecule has 0 unspecified atom stereocenters. The van der Waals surface area contributed by atoms with E-state index >= 15 is 0 Å². The zero-order chi connectivity index (χ0) is 11.4. The van der Waals surface area contributed by atoms with Gasteiger partial charge in [-0.1, -0.05) is 0 Å². The molecule has 0 radical (unpaired) electrons. The van der Waals surface area contributed by atoms with Gasteiger partial charge in [0, 0.05) is 6.42 Å². The fourth-order valence-corrected chi connectivity index (χ4v) is 0.720. The largest absolute Gasteiger partial charge is 0.481 e. The van der Waals surface area contributed by atoms with Crippen LogP contribution in [0.1, 0.15) is 33.6 Å². The molecule has 0 bridgehead atoms. The Labute approximate surface area is 82.5 Å². The van der Waals surface area contributed by atoms with Crippen molar-refractivity contribution in [2.24, 2.45) is 0 Å². The number of carboxylic acid groups (broad SMARTS) is 1. The zero-order valence-corrected chi connectivity index (χ0v) is 8.59. The van der Waals surface area contributed by atoms with Crippen molar-refractivity contribution in [3.8, 4) is 0 Å². The van der Waals surface area contributed by atoms with E-state index in [-0.39, 0.29) is 18.6 Å². The van der Waals surface area contributed by atoms with Gasteiger partial charge in [0.2, 0.25) is 5.91 Å². The first-order valence-corrected chi connectivity index (χ1v) is 4.29. The molecule has 0 aliphatic carbocycles. The lowest BCUT2D eigenvalue weighted by Crippen LogP contribution is -2.48. The van der Waals surface area contributed by atoms with Gasteiger partial charge in [-0.15, -0.1) is 0 Å². The van der Waals surface area contributed by atoms with Gasteiger partial charge in [0.05, 0.1) is 12.0 Å². The Kier molecular flexibility index (Phi) is 4.27. The lowest BCUT2D eigenvalue weighted by Gasteiger charge is -2.22. The molecule has 0 rings (SSSR count). The van der Waals surface area contributed by atoms with Gasteiger partial charge >= 0.3 is 5.97 Å². The topological polar surface area (TPSA) is 83.5 Å². The number of Topliss-reactive ketones (excluding diaryl/α,β-unsaturated/α-hetero) is 1. The maximum absolute atomic E-state index is 11.1. The van der Waals surface area contributed by atoms with Crippen LogP contribution in [-0.4, -0.2) is 28.3 Å². The fraction of sp³-hybridized carbons (Fsp3) is 0.667. The monoisotopic (exact) mass is 201 g/mol. The maximum atomic E-state index is 11.1. The van der Waals surface area contributed by atoms with Crippen molar-refractivity contribution in [1.29, 1.82) is 0 Å². The van der Waals surface area contributed by atoms with E-state index in [9.17, 15) is 14.4 Å². The molecule has 5 nitrogen and oxygen atoms in total. The molecule has 0 saturated carbocycles. The van der Waals surface area contributed by atoms with E-state index in [0.717, 1.165) is 0 Å². The smallest absolute Gasteiger partial charge is 0.303 e. The van der Waals surface area contributed by atoms with E-state index in [1.54, 1.807) is 13.8 Å². The fourth-order valence-electron chi connectivity index (χ4n) is 0.720. The molecular formula is C9H15NO4. The van der Waals surface area contributed by atoms with Crippen LogP contribution in [-0.2, 0) is 14.4 Å². The van der Waals surface area contributed by atoms with E-state index in [2.05, 4.69) is 5.32 Å². The maximum Gasteiger partial charge on any atom is 0.303 e.